The largest absolute Gasteiger partial charge is 0.461 e. The predicted molar refractivity (Wildman–Crippen MR) is 123 cm³/mol. The number of hydrogen-bond donors (Lipinski definition) is 0. The molecule has 0 saturated heterocycles. The molecule has 5 rings (SSSR count). The molecule has 0 spiro atoms. The Morgan fingerprint density at radius 1 is 1.20 bits per heavy atom. The molecule has 4 aliphatic rings. The van der Waals surface area contributed by atoms with Crippen LogP contribution < -0.4 is 0 Å². The maximum absolute atomic E-state index is 14.0. The molecular weight excluding hydrogens is 524 g/mol. The van der Waals surface area contributed by atoms with Crippen LogP contribution in [-0.2, 0) is 34.0 Å². The van der Waals surface area contributed by atoms with Gasteiger partial charge in [0.2, 0.25) is 5.78 Å². The smallest absolute Gasteiger partial charge is 0.342 e. The second-order valence-corrected chi connectivity index (χ2v) is 10.7. The van der Waals surface area contributed by atoms with Crippen LogP contribution in [0.4, 0.5) is 0 Å². The lowest BCUT2D eigenvalue weighted by molar-refractivity contribution is -0.158. The number of alkyl halides is 1. The summed E-state index contributed by atoms with van der Waals surface area (Å²) in [4.78, 5) is 51.1. The first-order valence-electron chi connectivity index (χ1n) is 11.6. The van der Waals surface area contributed by atoms with Gasteiger partial charge in [-0.25, -0.2) is 4.79 Å². The number of rotatable bonds is 5. The van der Waals surface area contributed by atoms with Crippen molar-refractivity contribution in [1.82, 2.24) is 0 Å². The Labute approximate surface area is 210 Å². The van der Waals surface area contributed by atoms with Crippen LogP contribution in [-0.4, -0.2) is 61.0 Å². The summed E-state index contributed by atoms with van der Waals surface area (Å²) in [6.45, 7) is 5.26. The Bertz CT molecular complexity index is 1170. The molecule has 0 unspecified atom stereocenters. The zero-order chi connectivity index (χ0) is 25.3. The SMILES string of the molecule is COC[C@H]1OC(=O)c2coc3c2[C@@]1(C)C1=C(C3=O)[C@@H]2CC[C@H](OC(=O)CBr)[C@@]2(C)C[C@H]1OC(C)=O. The Balaban J connectivity index is 1.74. The van der Waals surface area contributed by atoms with Gasteiger partial charge in [0, 0.05) is 30.6 Å². The first-order chi connectivity index (χ1) is 16.6. The molecule has 1 saturated carbocycles. The van der Waals surface area contributed by atoms with E-state index in [1.54, 1.807) is 0 Å². The summed E-state index contributed by atoms with van der Waals surface area (Å²) in [5, 5.41) is 0.0607. The lowest BCUT2D eigenvalue weighted by Gasteiger charge is -2.52. The number of allylic oxidation sites excluding steroid dienone is 1. The molecule has 9 nitrogen and oxygen atoms in total. The highest BCUT2D eigenvalue weighted by atomic mass is 79.9. The second-order valence-electron chi connectivity index (χ2n) is 10.1. The Hall–Kier alpha value is -2.46. The number of ketones is 1. The number of fused-ring (bicyclic) bond motifs is 3. The van der Waals surface area contributed by atoms with Crippen LogP contribution in [0.25, 0.3) is 0 Å². The van der Waals surface area contributed by atoms with Gasteiger partial charge in [-0.3, -0.25) is 14.4 Å². The van der Waals surface area contributed by atoms with Crippen molar-refractivity contribution in [3.63, 3.8) is 0 Å². The van der Waals surface area contributed by atoms with Crippen LogP contribution >= 0.6 is 15.9 Å². The van der Waals surface area contributed by atoms with Gasteiger partial charge in [0.15, 0.2) is 5.76 Å². The number of hydrogen-bond acceptors (Lipinski definition) is 9. The number of ether oxygens (including phenoxy) is 4. The van der Waals surface area contributed by atoms with Gasteiger partial charge in [-0.15, -0.1) is 0 Å². The van der Waals surface area contributed by atoms with E-state index in [1.165, 1.54) is 20.3 Å². The molecule has 0 aromatic carbocycles. The van der Waals surface area contributed by atoms with Crippen molar-refractivity contribution in [1.29, 1.82) is 0 Å². The summed E-state index contributed by atoms with van der Waals surface area (Å²) in [6, 6.07) is 0. The van der Waals surface area contributed by atoms with Gasteiger partial charge < -0.3 is 23.4 Å². The molecule has 0 amide bonds. The molecular formula is C25H27BrO9. The van der Waals surface area contributed by atoms with E-state index >= 15 is 0 Å². The molecule has 1 aliphatic heterocycles. The normalized spacial score (nSPS) is 35.1. The molecule has 3 aliphatic carbocycles. The first-order valence-corrected chi connectivity index (χ1v) is 12.7. The topological polar surface area (TPSA) is 118 Å². The summed E-state index contributed by atoms with van der Waals surface area (Å²) in [6.07, 6.45) is 0.815. The minimum absolute atomic E-state index is 0.0607. The fourth-order valence-corrected chi connectivity index (χ4v) is 6.97. The average molecular weight is 551 g/mol. The number of methoxy groups -OCH3 is 1. The molecule has 1 fully saturated rings. The minimum Gasteiger partial charge on any atom is -0.461 e. The number of Topliss-reactive ketones (excluding diaryl/α,β-unsaturated/α-hetero) is 1. The summed E-state index contributed by atoms with van der Waals surface area (Å²) in [5.74, 6) is -1.96. The van der Waals surface area contributed by atoms with E-state index in [0.29, 0.717) is 36.0 Å². The average Bonchev–Trinajstić information content (AvgIpc) is 3.38. The van der Waals surface area contributed by atoms with Crippen LogP contribution in [0.1, 0.15) is 66.5 Å². The third kappa shape index (κ3) is 3.28. The van der Waals surface area contributed by atoms with Gasteiger partial charge >= 0.3 is 17.9 Å². The van der Waals surface area contributed by atoms with Crippen LogP contribution in [0.2, 0.25) is 0 Å². The van der Waals surface area contributed by atoms with Gasteiger partial charge in [0.05, 0.1) is 12.0 Å². The lowest BCUT2D eigenvalue weighted by atomic mass is 9.54. The molecule has 188 valence electrons. The van der Waals surface area contributed by atoms with Crippen LogP contribution in [0.15, 0.2) is 21.8 Å². The maximum Gasteiger partial charge on any atom is 0.342 e. The van der Waals surface area contributed by atoms with E-state index in [0.717, 1.165) is 0 Å². The molecule has 10 heteroatoms. The summed E-state index contributed by atoms with van der Waals surface area (Å²) in [5.41, 5.74) is 0.129. The van der Waals surface area contributed by atoms with Crippen molar-refractivity contribution in [3.8, 4) is 0 Å². The van der Waals surface area contributed by atoms with Crippen molar-refractivity contribution < 1.29 is 42.5 Å². The lowest BCUT2D eigenvalue weighted by Crippen LogP contribution is -2.57. The highest BCUT2D eigenvalue weighted by Crippen LogP contribution is 2.62. The highest BCUT2D eigenvalue weighted by Gasteiger charge is 2.65. The molecule has 1 aromatic heterocycles. The third-order valence-corrected chi connectivity index (χ3v) is 8.74. The summed E-state index contributed by atoms with van der Waals surface area (Å²) >= 11 is 3.14. The van der Waals surface area contributed by atoms with E-state index in [4.69, 9.17) is 23.4 Å². The minimum atomic E-state index is -1.00. The van der Waals surface area contributed by atoms with E-state index in [-0.39, 0.29) is 40.9 Å². The standard InChI is InChI=1S/C25H27BrO9/c1-11(27)33-14-7-24(2)13(5-6-15(24)34-17(28)8-26)18-20(14)25(3)16(10-31-4)35-23(30)12-9-32-22(19(12)25)21(18)29/h9,13-16H,5-8,10H2,1-4H3/t13-,14+,15-,16+,24-,25-/m0/s1. The second kappa shape index (κ2) is 8.30. The Kier molecular flexibility index (Phi) is 5.75. The van der Waals surface area contributed by atoms with Gasteiger partial charge in [-0.05, 0) is 37.7 Å². The van der Waals surface area contributed by atoms with Crippen LogP contribution in [0.3, 0.4) is 0 Å². The fraction of sp³-hybridized carbons (Fsp3) is 0.600. The third-order valence-electron chi connectivity index (χ3n) is 8.28. The Morgan fingerprint density at radius 2 is 1.94 bits per heavy atom. The molecule has 6 atom stereocenters. The zero-order valence-electron chi connectivity index (χ0n) is 20.0. The molecule has 1 aromatic rings. The fourth-order valence-electron chi connectivity index (χ4n) is 6.84. The van der Waals surface area contributed by atoms with Crippen molar-refractivity contribution in [3.05, 3.63) is 34.3 Å². The van der Waals surface area contributed by atoms with Gasteiger partial charge in [0.25, 0.3) is 0 Å². The van der Waals surface area contributed by atoms with E-state index in [1.807, 2.05) is 13.8 Å². The van der Waals surface area contributed by atoms with Crippen molar-refractivity contribution in [2.45, 2.75) is 63.8 Å². The number of carbonyl (C=O) groups excluding carboxylic acids is 4. The van der Waals surface area contributed by atoms with E-state index in [9.17, 15) is 19.2 Å². The molecule has 0 bridgehead atoms. The number of esters is 3. The summed E-state index contributed by atoms with van der Waals surface area (Å²) in [7, 11) is 1.51. The molecule has 0 radical (unpaired) electrons. The Morgan fingerprint density at radius 3 is 2.60 bits per heavy atom. The van der Waals surface area contributed by atoms with Gasteiger partial charge in [-0.1, -0.05) is 22.9 Å². The maximum atomic E-state index is 14.0. The van der Waals surface area contributed by atoms with Crippen molar-refractivity contribution >= 4 is 39.6 Å². The van der Waals surface area contributed by atoms with Crippen molar-refractivity contribution in [2.75, 3.05) is 19.0 Å². The molecule has 0 N–H and O–H groups in total. The highest BCUT2D eigenvalue weighted by molar-refractivity contribution is 9.09. The first kappa shape index (κ1) is 24.2. The molecule has 2 heterocycles. The predicted octanol–water partition coefficient (Wildman–Crippen LogP) is 3.27. The zero-order valence-corrected chi connectivity index (χ0v) is 21.6. The number of cyclic esters (lactones) is 1. The van der Waals surface area contributed by atoms with Gasteiger partial charge in [0.1, 0.15) is 35.5 Å². The van der Waals surface area contributed by atoms with E-state index in [2.05, 4.69) is 15.9 Å². The van der Waals surface area contributed by atoms with E-state index < -0.39 is 41.1 Å². The van der Waals surface area contributed by atoms with Gasteiger partial charge in [-0.2, -0.15) is 0 Å². The quantitative estimate of drug-likeness (QED) is 0.309. The van der Waals surface area contributed by atoms with Crippen molar-refractivity contribution in [2.24, 2.45) is 11.3 Å². The number of carbonyl (C=O) groups is 4. The van der Waals surface area contributed by atoms with Crippen LogP contribution in [0, 0.1) is 11.3 Å². The van der Waals surface area contributed by atoms with Crippen LogP contribution in [0.5, 0.6) is 0 Å². The molecule has 35 heavy (non-hydrogen) atoms. The number of halogens is 1. The summed E-state index contributed by atoms with van der Waals surface area (Å²) < 4.78 is 28.5. The number of furan rings is 1. The monoisotopic (exact) mass is 550 g/mol.